The lowest BCUT2D eigenvalue weighted by Gasteiger charge is -2.34. The fourth-order valence-electron chi connectivity index (χ4n) is 2.68. The van der Waals surface area contributed by atoms with E-state index in [-0.39, 0.29) is 0 Å². The molecule has 2 N–H and O–H groups in total. The lowest BCUT2D eigenvalue weighted by molar-refractivity contribution is 0.276. The second kappa shape index (κ2) is 3.83. The number of hydrogen-bond acceptors (Lipinski definition) is 3. The molecule has 0 aromatic rings. The van der Waals surface area contributed by atoms with Crippen LogP contribution in [0.15, 0.2) is 48.1 Å². The Morgan fingerprint density at radius 3 is 3.25 bits per heavy atom. The Morgan fingerprint density at radius 1 is 1.44 bits per heavy atom. The van der Waals surface area contributed by atoms with E-state index < -0.39 is 0 Å². The highest BCUT2D eigenvalue weighted by Gasteiger charge is 2.34. The summed E-state index contributed by atoms with van der Waals surface area (Å²) in [5.41, 5.74) is 7.03. The number of nitrogens with zero attached hydrogens (tertiary/aromatic N) is 1. The predicted octanol–water partition coefficient (Wildman–Crippen LogP) is 1.52. The summed E-state index contributed by atoms with van der Waals surface area (Å²) in [6, 6.07) is 0.425. The molecule has 0 amide bonds. The maximum Gasteiger partial charge on any atom is 0.127 e. The van der Waals surface area contributed by atoms with Gasteiger partial charge in [-0.25, -0.2) is 0 Å². The summed E-state index contributed by atoms with van der Waals surface area (Å²) in [6.45, 7) is 1.60. The molecule has 3 nitrogen and oxygen atoms in total. The van der Waals surface area contributed by atoms with Crippen LogP contribution in [0.3, 0.4) is 0 Å². The molecule has 2 heterocycles. The van der Waals surface area contributed by atoms with E-state index in [1.807, 2.05) is 0 Å². The molecule has 0 aromatic heterocycles. The van der Waals surface area contributed by atoms with E-state index in [1.54, 1.807) is 6.26 Å². The Hall–Kier alpha value is -1.48. The van der Waals surface area contributed by atoms with Crippen LogP contribution in [0.4, 0.5) is 0 Å². The van der Waals surface area contributed by atoms with Gasteiger partial charge in [0.15, 0.2) is 0 Å². The fourth-order valence-corrected chi connectivity index (χ4v) is 2.68. The van der Waals surface area contributed by atoms with Crippen LogP contribution in [0.25, 0.3) is 0 Å². The normalized spacial score (nSPS) is 30.4. The van der Waals surface area contributed by atoms with Gasteiger partial charge in [-0.3, -0.25) is 0 Å². The van der Waals surface area contributed by atoms with Gasteiger partial charge < -0.3 is 15.4 Å². The maximum absolute atomic E-state index is 5.64. The molecule has 2 atom stereocenters. The summed E-state index contributed by atoms with van der Waals surface area (Å²) in [7, 11) is 0. The van der Waals surface area contributed by atoms with Crippen LogP contribution >= 0.6 is 0 Å². The minimum Gasteiger partial charge on any atom is -0.465 e. The molecule has 0 bridgehead atoms. The van der Waals surface area contributed by atoms with Crippen molar-refractivity contribution >= 4 is 0 Å². The third-order valence-electron chi connectivity index (χ3n) is 3.38. The molecule has 84 valence electrons. The summed E-state index contributed by atoms with van der Waals surface area (Å²) in [4.78, 5) is 2.33. The molecule has 3 aliphatic rings. The van der Waals surface area contributed by atoms with Gasteiger partial charge in [0.25, 0.3) is 0 Å². The summed E-state index contributed by atoms with van der Waals surface area (Å²) in [5, 5.41) is 0. The van der Waals surface area contributed by atoms with Crippen molar-refractivity contribution in [3.8, 4) is 0 Å². The smallest absolute Gasteiger partial charge is 0.127 e. The lowest BCUT2D eigenvalue weighted by Crippen LogP contribution is -2.38. The third-order valence-corrected chi connectivity index (χ3v) is 3.38. The van der Waals surface area contributed by atoms with E-state index in [0.29, 0.717) is 18.5 Å². The topological polar surface area (TPSA) is 38.5 Å². The van der Waals surface area contributed by atoms with Crippen molar-refractivity contribution in [2.24, 2.45) is 11.7 Å². The molecule has 0 spiro atoms. The highest BCUT2D eigenvalue weighted by atomic mass is 16.5. The molecule has 1 aliphatic carbocycles. The Kier molecular flexibility index (Phi) is 2.33. The van der Waals surface area contributed by atoms with Gasteiger partial charge in [0.2, 0.25) is 0 Å². The molecular formula is C13H16N2O. The Morgan fingerprint density at radius 2 is 2.38 bits per heavy atom. The SMILES string of the molecule is NCCN1C=CC2C=CC3=C(CC=CO3)C21. The second-order valence-electron chi connectivity index (χ2n) is 4.33. The van der Waals surface area contributed by atoms with E-state index in [1.165, 1.54) is 5.57 Å². The maximum atomic E-state index is 5.64. The van der Waals surface area contributed by atoms with Gasteiger partial charge in [-0.2, -0.15) is 0 Å². The van der Waals surface area contributed by atoms with Crippen LogP contribution in [-0.2, 0) is 4.74 Å². The zero-order valence-electron chi connectivity index (χ0n) is 9.17. The summed E-state index contributed by atoms with van der Waals surface area (Å²) < 4.78 is 5.54. The van der Waals surface area contributed by atoms with E-state index in [4.69, 9.17) is 10.5 Å². The number of nitrogens with two attached hydrogens (primary N) is 1. The first kappa shape index (κ1) is 9.73. The summed E-state index contributed by atoms with van der Waals surface area (Å²) >= 11 is 0. The number of hydrogen-bond donors (Lipinski definition) is 1. The number of ether oxygens (including phenoxy) is 1. The largest absolute Gasteiger partial charge is 0.465 e. The molecule has 2 aliphatic heterocycles. The van der Waals surface area contributed by atoms with Crippen LogP contribution in [0.5, 0.6) is 0 Å². The lowest BCUT2D eigenvalue weighted by atomic mass is 9.86. The van der Waals surface area contributed by atoms with E-state index >= 15 is 0 Å². The Balaban J connectivity index is 1.90. The van der Waals surface area contributed by atoms with Crippen molar-refractivity contribution in [1.82, 2.24) is 4.90 Å². The second-order valence-corrected chi connectivity index (χ2v) is 4.33. The van der Waals surface area contributed by atoms with E-state index in [2.05, 4.69) is 35.4 Å². The van der Waals surface area contributed by atoms with Crippen LogP contribution in [0.2, 0.25) is 0 Å². The highest BCUT2D eigenvalue weighted by molar-refractivity contribution is 5.39. The number of allylic oxidation sites excluding steroid dienone is 2. The summed E-state index contributed by atoms with van der Waals surface area (Å²) in [6.07, 6.45) is 13.6. The number of rotatable bonds is 2. The standard InChI is InChI=1S/C13H16N2O/c14-6-8-15-7-5-10-3-4-12-11(13(10)15)2-1-9-16-12/h1,3-5,7,9-10,13H,2,6,8,14H2. The van der Waals surface area contributed by atoms with Crippen molar-refractivity contribution in [2.45, 2.75) is 12.5 Å². The molecule has 3 rings (SSSR count). The molecule has 0 fully saturated rings. The molecule has 0 saturated carbocycles. The average Bonchev–Trinajstić information content (AvgIpc) is 2.73. The number of fused-ring (bicyclic) bond motifs is 2. The molecule has 0 aromatic carbocycles. The van der Waals surface area contributed by atoms with Gasteiger partial charge in [-0.15, -0.1) is 0 Å². The first-order chi connectivity index (χ1) is 7.90. The molecule has 16 heavy (non-hydrogen) atoms. The van der Waals surface area contributed by atoms with Crippen molar-refractivity contribution in [2.75, 3.05) is 13.1 Å². The third kappa shape index (κ3) is 1.39. The van der Waals surface area contributed by atoms with Gasteiger partial charge in [-0.05, 0) is 30.3 Å². The van der Waals surface area contributed by atoms with Crippen molar-refractivity contribution in [3.05, 3.63) is 48.1 Å². The molecule has 0 saturated heterocycles. The first-order valence-corrected chi connectivity index (χ1v) is 5.77. The molecule has 0 radical (unpaired) electrons. The Bertz CT molecular complexity index is 406. The first-order valence-electron chi connectivity index (χ1n) is 5.77. The highest BCUT2D eigenvalue weighted by Crippen LogP contribution is 2.37. The van der Waals surface area contributed by atoms with Gasteiger partial charge in [0.05, 0.1) is 12.3 Å². The average molecular weight is 216 g/mol. The van der Waals surface area contributed by atoms with Crippen LogP contribution < -0.4 is 5.73 Å². The van der Waals surface area contributed by atoms with E-state index in [0.717, 1.165) is 18.7 Å². The van der Waals surface area contributed by atoms with Crippen molar-refractivity contribution < 1.29 is 4.74 Å². The van der Waals surface area contributed by atoms with Gasteiger partial charge in [-0.1, -0.05) is 12.2 Å². The van der Waals surface area contributed by atoms with Gasteiger partial charge in [0.1, 0.15) is 5.76 Å². The Labute approximate surface area is 95.6 Å². The zero-order valence-corrected chi connectivity index (χ0v) is 9.17. The van der Waals surface area contributed by atoms with Crippen LogP contribution in [0, 0.1) is 5.92 Å². The zero-order chi connectivity index (χ0) is 11.0. The van der Waals surface area contributed by atoms with E-state index in [9.17, 15) is 0 Å². The molecule has 2 unspecified atom stereocenters. The molecule has 3 heteroatoms. The fraction of sp³-hybridized carbons (Fsp3) is 0.385. The minimum atomic E-state index is 0.425. The summed E-state index contributed by atoms with van der Waals surface area (Å²) in [5.74, 6) is 1.51. The monoisotopic (exact) mass is 216 g/mol. The van der Waals surface area contributed by atoms with Crippen molar-refractivity contribution in [3.63, 3.8) is 0 Å². The minimum absolute atomic E-state index is 0.425. The quantitative estimate of drug-likeness (QED) is 0.760. The van der Waals surface area contributed by atoms with Crippen molar-refractivity contribution in [1.29, 1.82) is 0 Å². The van der Waals surface area contributed by atoms with Crippen LogP contribution in [0.1, 0.15) is 6.42 Å². The van der Waals surface area contributed by atoms with Gasteiger partial charge >= 0.3 is 0 Å². The van der Waals surface area contributed by atoms with Crippen LogP contribution in [-0.4, -0.2) is 24.0 Å². The predicted molar refractivity (Wildman–Crippen MR) is 63.2 cm³/mol. The molecular weight excluding hydrogens is 200 g/mol. The van der Waals surface area contributed by atoms with Gasteiger partial charge in [0, 0.05) is 19.0 Å².